The van der Waals surface area contributed by atoms with Crippen LogP contribution in [0.4, 0.5) is 4.79 Å². The molecule has 0 spiro atoms. The monoisotopic (exact) mass is 334 g/mol. The lowest BCUT2D eigenvalue weighted by molar-refractivity contribution is 0.139. The summed E-state index contributed by atoms with van der Waals surface area (Å²) >= 11 is 0. The van der Waals surface area contributed by atoms with Crippen LogP contribution in [0.15, 0.2) is 48.5 Å². The summed E-state index contributed by atoms with van der Waals surface area (Å²) in [7, 11) is 0. The minimum Gasteiger partial charge on any atom is -0.465 e. The fraction of sp³-hybridized carbons (Fsp3) is 0.286. The van der Waals surface area contributed by atoms with Gasteiger partial charge in [0.25, 0.3) is 0 Å². The SMILES string of the molecule is Cc1ccc2c(c1)c1c(n2CCc2ccccc2)CCN(C(=O)O)C1. The van der Waals surface area contributed by atoms with Gasteiger partial charge in [-0.2, -0.15) is 0 Å². The van der Waals surface area contributed by atoms with Crippen molar-refractivity contribution in [1.29, 1.82) is 0 Å². The molecule has 25 heavy (non-hydrogen) atoms. The highest BCUT2D eigenvalue weighted by Crippen LogP contribution is 2.32. The molecule has 4 rings (SSSR count). The van der Waals surface area contributed by atoms with Crippen molar-refractivity contribution in [3.63, 3.8) is 0 Å². The summed E-state index contributed by atoms with van der Waals surface area (Å²) in [6.45, 7) is 4.07. The van der Waals surface area contributed by atoms with Crippen molar-refractivity contribution in [2.75, 3.05) is 6.54 Å². The van der Waals surface area contributed by atoms with Gasteiger partial charge in [0.15, 0.2) is 0 Å². The smallest absolute Gasteiger partial charge is 0.407 e. The van der Waals surface area contributed by atoms with Gasteiger partial charge in [0, 0.05) is 41.7 Å². The first-order chi connectivity index (χ1) is 12.1. The van der Waals surface area contributed by atoms with Crippen LogP contribution in [0.2, 0.25) is 0 Å². The molecule has 4 heteroatoms. The molecule has 2 heterocycles. The molecule has 128 valence electrons. The average Bonchev–Trinajstić information content (AvgIpc) is 2.93. The number of hydrogen-bond donors (Lipinski definition) is 1. The molecule has 1 aromatic heterocycles. The minimum atomic E-state index is -0.830. The van der Waals surface area contributed by atoms with Gasteiger partial charge in [-0.3, -0.25) is 0 Å². The standard InChI is InChI=1S/C21H22N2O2/c1-15-7-8-19-17(13-15)18-14-22(21(24)25)11-10-20(18)23(19)12-9-16-5-3-2-4-6-16/h2-8,13H,9-12,14H2,1H3,(H,24,25). The lowest BCUT2D eigenvalue weighted by Gasteiger charge is -2.25. The molecule has 0 bridgehead atoms. The fourth-order valence-electron chi connectivity index (χ4n) is 3.87. The number of fused-ring (bicyclic) bond motifs is 3. The molecule has 0 unspecified atom stereocenters. The Morgan fingerprint density at radius 1 is 1.16 bits per heavy atom. The van der Waals surface area contributed by atoms with Crippen molar-refractivity contribution in [3.8, 4) is 0 Å². The van der Waals surface area contributed by atoms with E-state index in [0.29, 0.717) is 13.1 Å². The Balaban J connectivity index is 1.75. The Hall–Kier alpha value is -2.75. The zero-order chi connectivity index (χ0) is 17.4. The maximum Gasteiger partial charge on any atom is 0.407 e. The van der Waals surface area contributed by atoms with Gasteiger partial charge in [-0.25, -0.2) is 4.79 Å². The first kappa shape index (κ1) is 15.8. The molecule has 0 atom stereocenters. The number of carboxylic acid groups (broad SMARTS) is 1. The predicted octanol–water partition coefficient (Wildman–Crippen LogP) is 4.23. The number of benzene rings is 2. The molecule has 0 saturated carbocycles. The van der Waals surface area contributed by atoms with Crippen LogP contribution in [0.25, 0.3) is 10.9 Å². The average molecular weight is 334 g/mol. The van der Waals surface area contributed by atoms with E-state index in [0.717, 1.165) is 19.4 Å². The summed E-state index contributed by atoms with van der Waals surface area (Å²) in [6, 6.07) is 17.0. The highest BCUT2D eigenvalue weighted by atomic mass is 16.4. The highest BCUT2D eigenvalue weighted by molar-refractivity contribution is 5.87. The molecule has 3 aromatic rings. The fourth-order valence-corrected chi connectivity index (χ4v) is 3.87. The molecule has 0 radical (unpaired) electrons. The van der Waals surface area contributed by atoms with E-state index in [1.165, 1.54) is 38.2 Å². The molecule has 0 aliphatic carbocycles. The molecule has 1 aliphatic rings. The van der Waals surface area contributed by atoms with Gasteiger partial charge in [-0.05, 0) is 31.0 Å². The van der Waals surface area contributed by atoms with E-state index in [4.69, 9.17) is 0 Å². The Labute approximate surface area is 147 Å². The van der Waals surface area contributed by atoms with Gasteiger partial charge in [0.05, 0.1) is 6.54 Å². The van der Waals surface area contributed by atoms with Gasteiger partial charge < -0.3 is 14.6 Å². The normalized spacial score (nSPS) is 13.9. The van der Waals surface area contributed by atoms with Crippen LogP contribution >= 0.6 is 0 Å². The third-order valence-corrected chi connectivity index (χ3v) is 5.15. The van der Waals surface area contributed by atoms with Crippen molar-refractivity contribution < 1.29 is 9.90 Å². The Morgan fingerprint density at radius 3 is 2.72 bits per heavy atom. The van der Waals surface area contributed by atoms with Crippen molar-refractivity contribution >= 4 is 17.0 Å². The quantitative estimate of drug-likeness (QED) is 0.779. The first-order valence-corrected chi connectivity index (χ1v) is 8.76. The molecule has 1 N–H and O–H groups in total. The molecule has 1 amide bonds. The van der Waals surface area contributed by atoms with Crippen LogP contribution in [0.1, 0.15) is 22.4 Å². The van der Waals surface area contributed by atoms with E-state index in [1.807, 2.05) is 6.07 Å². The molecule has 1 aliphatic heterocycles. The summed E-state index contributed by atoms with van der Waals surface area (Å²) in [5.41, 5.74) is 6.24. The van der Waals surface area contributed by atoms with E-state index in [2.05, 4.69) is 54.0 Å². The Morgan fingerprint density at radius 2 is 1.96 bits per heavy atom. The topological polar surface area (TPSA) is 45.5 Å². The number of hydrogen-bond acceptors (Lipinski definition) is 1. The largest absolute Gasteiger partial charge is 0.465 e. The van der Waals surface area contributed by atoms with Crippen LogP contribution < -0.4 is 0 Å². The van der Waals surface area contributed by atoms with Crippen LogP contribution in [-0.2, 0) is 25.9 Å². The van der Waals surface area contributed by atoms with E-state index >= 15 is 0 Å². The lowest BCUT2D eigenvalue weighted by atomic mass is 10.0. The third kappa shape index (κ3) is 2.88. The number of carbonyl (C=O) groups is 1. The molecule has 4 nitrogen and oxygen atoms in total. The van der Waals surface area contributed by atoms with Crippen molar-refractivity contribution in [2.45, 2.75) is 32.9 Å². The minimum absolute atomic E-state index is 0.489. The maximum absolute atomic E-state index is 11.4. The van der Waals surface area contributed by atoms with Crippen LogP contribution in [0.3, 0.4) is 0 Å². The van der Waals surface area contributed by atoms with Gasteiger partial charge >= 0.3 is 6.09 Å². The molecular formula is C21H22N2O2. The number of amides is 1. The Bertz CT molecular complexity index is 928. The van der Waals surface area contributed by atoms with Crippen molar-refractivity contribution in [1.82, 2.24) is 9.47 Å². The van der Waals surface area contributed by atoms with Crippen molar-refractivity contribution in [3.05, 3.63) is 70.9 Å². The Kier molecular flexibility index (Phi) is 3.96. The predicted molar refractivity (Wildman–Crippen MR) is 99.0 cm³/mol. The summed E-state index contributed by atoms with van der Waals surface area (Å²) in [5.74, 6) is 0. The summed E-state index contributed by atoms with van der Waals surface area (Å²) in [5, 5.41) is 10.6. The van der Waals surface area contributed by atoms with Gasteiger partial charge in [0.1, 0.15) is 0 Å². The first-order valence-electron chi connectivity index (χ1n) is 8.76. The van der Waals surface area contributed by atoms with Crippen LogP contribution in [0.5, 0.6) is 0 Å². The van der Waals surface area contributed by atoms with Gasteiger partial charge in [-0.15, -0.1) is 0 Å². The summed E-state index contributed by atoms with van der Waals surface area (Å²) < 4.78 is 2.40. The molecular weight excluding hydrogens is 312 g/mol. The lowest BCUT2D eigenvalue weighted by Crippen LogP contribution is -2.35. The van der Waals surface area contributed by atoms with E-state index in [-0.39, 0.29) is 0 Å². The number of nitrogens with zero attached hydrogens (tertiary/aromatic N) is 2. The zero-order valence-electron chi connectivity index (χ0n) is 14.4. The van der Waals surface area contributed by atoms with Crippen LogP contribution in [-0.4, -0.2) is 27.2 Å². The van der Waals surface area contributed by atoms with E-state index in [9.17, 15) is 9.90 Å². The second-order valence-corrected chi connectivity index (χ2v) is 6.79. The number of rotatable bonds is 3. The molecule has 0 saturated heterocycles. The second kappa shape index (κ2) is 6.28. The van der Waals surface area contributed by atoms with Gasteiger partial charge in [-0.1, -0.05) is 42.0 Å². The third-order valence-electron chi connectivity index (χ3n) is 5.15. The van der Waals surface area contributed by atoms with Crippen molar-refractivity contribution in [2.24, 2.45) is 0 Å². The molecule has 2 aromatic carbocycles. The number of aromatic nitrogens is 1. The molecule has 0 fully saturated rings. The second-order valence-electron chi connectivity index (χ2n) is 6.79. The maximum atomic E-state index is 11.4. The van der Waals surface area contributed by atoms with E-state index in [1.54, 1.807) is 0 Å². The van der Waals surface area contributed by atoms with Crippen LogP contribution in [0, 0.1) is 6.92 Å². The zero-order valence-corrected chi connectivity index (χ0v) is 14.4. The van der Waals surface area contributed by atoms with E-state index < -0.39 is 6.09 Å². The summed E-state index contributed by atoms with van der Waals surface area (Å²) in [4.78, 5) is 12.9. The highest BCUT2D eigenvalue weighted by Gasteiger charge is 2.26. The van der Waals surface area contributed by atoms with Gasteiger partial charge in [0.2, 0.25) is 0 Å². The summed E-state index contributed by atoms with van der Waals surface area (Å²) in [6.07, 6.45) is 0.932. The number of aryl methyl sites for hydroxylation is 3.